The first-order valence-corrected chi connectivity index (χ1v) is 17.5. The van der Waals surface area contributed by atoms with E-state index in [1.165, 1.54) is 6.07 Å². The minimum atomic E-state index is -0.531. The van der Waals surface area contributed by atoms with E-state index < -0.39 is 6.04 Å². The van der Waals surface area contributed by atoms with Crippen LogP contribution in [-0.4, -0.2) is 97.6 Å². The van der Waals surface area contributed by atoms with Crippen molar-refractivity contribution in [2.75, 3.05) is 64.3 Å². The summed E-state index contributed by atoms with van der Waals surface area (Å²) in [6.07, 6.45) is 5.29. The lowest BCUT2D eigenvalue weighted by Gasteiger charge is -2.39. The number of anilines is 1. The van der Waals surface area contributed by atoms with Gasteiger partial charge < -0.3 is 37.1 Å². The molecule has 12 heteroatoms. The number of amides is 2. The normalized spacial score (nSPS) is 17.8. The number of piperazine rings is 1. The molecule has 2 amide bonds. The van der Waals surface area contributed by atoms with Crippen LogP contribution < -0.4 is 27.3 Å². The van der Waals surface area contributed by atoms with Crippen molar-refractivity contribution in [1.82, 2.24) is 14.7 Å². The van der Waals surface area contributed by atoms with Crippen molar-refractivity contribution < 1.29 is 18.7 Å². The van der Waals surface area contributed by atoms with Crippen LogP contribution in [0.15, 0.2) is 36.4 Å². The number of piperidine rings is 1. The number of carbonyl (C=O) groups excluding carboxylic acids is 2. The van der Waals surface area contributed by atoms with E-state index in [2.05, 4.69) is 15.1 Å². The number of halogens is 2. The molecule has 260 valence electrons. The van der Waals surface area contributed by atoms with Gasteiger partial charge in [-0.1, -0.05) is 24.1 Å². The molecule has 0 radical (unpaired) electrons. The van der Waals surface area contributed by atoms with Gasteiger partial charge in [0.2, 0.25) is 11.8 Å². The topological polar surface area (TPSA) is 143 Å². The summed E-state index contributed by atoms with van der Waals surface area (Å²) in [7, 11) is 0. The Morgan fingerprint density at radius 3 is 2.49 bits per heavy atom. The zero-order valence-corrected chi connectivity index (χ0v) is 28.5. The average molecular weight is 674 g/mol. The maximum atomic E-state index is 14.5. The molecule has 10 nitrogen and oxygen atoms in total. The number of nitrogens with one attached hydrogen (secondary N) is 1. The van der Waals surface area contributed by atoms with Crippen LogP contribution >= 0.6 is 11.6 Å². The Labute approximate surface area is 284 Å². The number of nitrogens with two attached hydrogens (primary N) is 3. The Kier molecular flexibility index (Phi) is 14.7. The van der Waals surface area contributed by atoms with E-state index in [9.17, 15) is 14.0 Å². The Morgan fingerprint density at radius 2 is 1.79 bits per heavy atom. The summed E-state index contributed by atoms with van der Waals surface area (Å²) in [5, 5.41) is 3.66. The van der Waals surface area contributed by atoms with Gasteiger partial charge in [-0.2, -0.15) is 0 Å². The van der Waals surface area contributed by atoms with Crippen molar-refractivity contribution in [2.45, 2.75) is 70.5 Å². The molecule has 2 aromatic carbocycles. The van der Waals surface area contributed by atoms with Crippen LogP contribution in [0.3, 0.4) is 0 Å². The van der Waals surface area contributed by atoms with Crippen LogP contribution in [0.5, 0.6) is 5.75 Å². The summed E-state index contributed by atoms with van der Waals surface area (Å²) in [5.41, 5.74) is 20.6. The van der Waals surface area contributed by atoms with Gasteiger partial charge >= 0.3 is 0 Å². The number of unbranched alkanes of at least 4 members (excludes halogenated alkanes) is 1. The molecule has 2 aliphatic rings. The summed E-state index contributed by atoms with van der Waals surface area (Å²) < 4.78 is 20.2. The third kappa shape index (κ3) is 11.1. The molecule has 2 saturated heterocycles. The molecule has 7 N–H and O–H groups in total. The summed E-state index contributed by atoms with van der Waals surface area (Å²) in [5.74, 6) is 0.328. The first-order valence-electron chi connectivity index (χ1n) is 17.1. The fourth-order valence-electron chi connectivity index (χ4n) is 6.54. The monoisotopic (exact) mass is 673 g/mol. The van der Waals surface area contributed by atoms with Gasteiger partial charge in [-0.05, 0) is 100 Å². The van der Waals surface area contributed by atoms with Crippen molar-refractivity contribution >= 4 is 29.1 Å². The average Bonchev–Trinajstić information content (AvgIpc) is 3.06. The van der Waals surface area contributed by atoms with Gasteiger partial charge in [-0.25, -0.2) is 4.39 Å². The Morgan fingerprint density at radius 1 is 1.04 bits per heavy atom. The molecule has 2 aromatic rings. The molecule has 2 fully saturated rings. The molecule has 0 saturated carbocycles. The van der Waals surface area contributed by atoms with Crippen LogP contribution in [0, 0.1) is 11.7 Å². The molecule has 0 aliphatic carbocycles. The van der Waals surface area contributed by atoms with Crippen LogP contribution in [0.1, 0.15) is 56.6 Å². The molecular weight excluding hydrogens is 621 g/mol. The first-order chi connectivity index (χ1) is 22.7. The molecule has 0 spiro atoms. The second-order valence-electron chi connectivity index (χ2n) is 12.8. The van der Waals surface area contributed by atoms with Gasteiger partial charge in [0.1, 0.15) is 11.6 Å². The van der Waals surface area contributed by atoms with E-state index in [1.807, 2.05) is 24.0 Å². The van der Waals surface area contributed by atoms with E-state index in [0.717, 1.165) is 69.4 Å². The molecular formula is C35H53ClFN7O3. The number of benzene rings is 2. The van der Waals surface area contributed by atoms with Crippen LogP contribution in [0.25, 0.3) is 0 Å². The van der Waals surface area contributed by atoms with E-state index >= 15 is 0 Å². The second-order valence-corrected chi connectivity index (χ2v) is 13.2. The predicted octanol–water partition coefficient (Wildman–Crippen LogP) is 3.59. The fraction of sp³-hybridized carbons (Fsp3) is 0.600. The smallest absolute Gasteiger partial charge is 0.239 e. The highest BCUT2D eigenvalue weighted by Gasteiger charge is 2.33. The quantitative estimate of drug-likeness (QED) is 0.198. The lowest BCUT2D eigenvalue weighted by Crippen LogP contribution is -2.55. The minimum Gasteiger partial charge on any atom is -0.493 e. The number of likely N-dealkylation sites (tertiary alicyclic amines) is 1. The summed E-state index contributed by atoms with van der Waals surface area (Å²) in [6, 6.07) is 9.74. The largest absolute Gasteiger partial charge is 0.493 e. The van der Waals surface area contributed by atoms with Gasteiger partial charge in [0.25, 0.3) is 0 Å². The molecule has 0 bridgehead atoms. The lowest BCUT2D eigenvalue weighted by molar-refractivity contribution is -0.136. The Hall–Kier alpha value is -2.80. The SMILES string of the molecule is CCOc1cccc(F)c1CN1CCN(C(=O)[C@H](N)C2CCN(CCc3cc(Cl)ccc3NC(=O)C[C@@H](N)CCCCN)CC2)CC1. The number of carbonyl (C=O) groups is 2. The summed E-state index contributed by atoms with van der Waals surface area (Å²) in [4.78, 5) is 32.4. The first kappa shape index (κ1) is 37.0. The molecule has 0 unspecified atom stereocenters. The van der Waals surface area contributed by atoms with Crippen molar-refractivity contribution in [3.8, 4) is 5.75 Å². The van der Waals surface area contributed by atoms with Gasteiger partial charge in [0.15, 0.2) is 0 Å². The van der Waals surface area contributed by atoms with Crippen molar-refractivity contribution in [2.24, 2.45) is 23.1 Å². The molecule has 2 atom stereocenters. The third-order valence-electron chi connectivity index (χ3n) is 9.38. The number of ether oxygens (including phenoxy) is 1. The number of rotatable bonds is 16. The van der Waals surface area contributed by atoms with Gasteiger partial charge in [-0.3, -0.25) is 14.5 Å². The van der Waals surface area contributed by atoms with Crippen molar-refractivity contribution in [3.05, 3.63) is 58.4 Å². The van der Waals surface area contributed by atoms with E-state index in [1.54, 1.807) is 18.2 Å². The number of hydrogen-bond acceptors (Lipinski definition) is 8. The summed E-state index contributed by atoms with van der Waals surface area (Å²) >= 11 is 6.32. The molecule has 2 aliphatic heterocycles. The summed E-state index contributed by atoms with van der Waals surface area (Å²) in [6.45, 7) is 8.41. The molecule has 4 rings (SSSR count). The zero-order chi connectivity index (χ0) is 33.8. The standard InChI is InChI=1S/C35H53ClFN7O3/c1-2-47-32-8-5-7-30(37)29(32)24-43-18-20-44(21-19-43)35(46)34(40)25-11-15-42(16-12-25)17-13-26-22-27(36)9-10-31(26)41-33(45)23-28(39)6-3-4-14-38/h5,7-10,22,25,28,34H,2-4,6,11-21,23-24,38-40H2,1H3,(H,41,45)/t28-,34+/m0/s1. The molecule has 0 aromatic heterocycles. The zero-order valence-electron chi connectivity index (χ0n) is 27.8. The van der Waals surface area contributed by atoms with Crippen molar-refractivity contribution in [1.29, 1.82) is 0 Å². The predicted molar refractivity (Wildman–Crippen MR) is 186 cm³/mol. The van der Waals surface area contributed by atoms with E-state index in [-0.39, 0.29) is 36.0 Å². The number of nitrogens with zero attached hydrogens (tertiary/aromatic N) is 3. The van der Waals surface area contributed by atoms with Crippen molar-refractivity contribution in [3.63, 3.8) is 0 Å². The minimum absolute atomic E-state index is 0.00223. The highest BCUT2D eigenvalue weighted by atomic mass is 35.5. The van der Waals surface area contributed by atoms with Gasteiger partial charge in [0.05, 0.1) is 12.6 Å². The highest BCUT2D eigenvalue weighted by molar-refractivity contribution is 6.30. The second kappa shape index (κ2) is 18.7. The maximum absolute atomic E-state index is 14.5. The molecule has 47 heavy (non-hydrogen) atoms. The Bertz CT molecular complexity index is 1300. The van der Waals surface area contributed by atoms with Crippen LogP contribution in [0.4, 0.5) is 10.1 Å². The lowest BCUT2D eigenvalue weighted by atomic mass is 9.88. The van der Waals surface area contributed by atoms with E-state index in [0.29, 0.717) is 62.2 Å². The van der Waals surface area contributed by atoms with Gasteiger partial charge in [0, 0.05) is 68.0 Å². The maximum Gasteiger partial charge on any atom is 0.239 e. The van der Waals surface area contributed by atoms with E-state index in [4.69, 9.17) is 33.5 Å². The van der Waals surface area contributed by atoms with Gasteiger partial charge in [-0.15, -0.1) is 0 Å². The molecule has 2 heterocycles. The van der Waals surface area contributed by atoms with Crippen LogP contribution in [-0.2, 0) is 22.6 Å². The highest BCUT2D eigenvalue weighted by Crippen LogP contribution is 2.26. The third-order valence-corrected chi connectivity index (χ3v) is 9.62. The fourth-order valence-corrected chi connectivity index (χ4v) is 6.74. The number of hydrogen-bond donors (Lipinski definition) is 4. The van der Waals surface area contributed by atoms with Crippen LogP contribution in [0.2, 0.25) is 5.02 Å². The Balaban J connectivity index is 1.20.